The van der Waals surface area contributed by atoms with E-state index < -0.39 is 24.5 Å². The molecule has 2 unspecified atom stereocenters. The number of amides is 2. The maximum atomic E-state index is 12.8. The molecule has 9 nitrogen and oxygen atoms in total. The van der Waals surface area contributed by atoms with Crippen molar-refractivity contribution in [3.05, 3.63) is 24.3 Å². The third-order valence-electron chi connectivity index (χ3n) is 10.5. The molecular formula is C47H86N2O7. The minimum atomic E-state index is -1.38. The number of ether oxygens (including phenoxy) is 1. The molecule has 56 heavy (non-hydrogen) atoms. The van der Waals surface area contributed by atoms with E-state index in [1.165, 1.54) is 128 Å². The quantitative estimate of drug-likeness (QED) is 0.0274. The monoisotopic (exact) mass is 791 g/mol. The van der Waals surface area contributed by atoms with Gasteiger partial charge < -0.3 is 25.6 Å². The second-order valence-electron chi connectivity index (χ2n) is 15.8. The zero-order chi connectivity index (χ0) is 41.2. The molecule has 0 radical (unpaired) electrons. The third kappa shape index (κ3) is 38.2. The van der Waals surface area contributed by atoms with Gasteiger partial charge in [-0.05, 0) is 70.6 Å². The summed E-state index contributed by atoms with van der Waals surface area (Å²) in [5.74, 6) is -2.29. The number of hydrogen-bond acceptors (Lipinski definition) is 6. The minimum Gasteiger partial charge on any atom is -0.480 e. The molecule has 0 spiro atoms. The predicted molar refractivity (Wildman–Crippen MR) is 232 cm³/mol. The zero-order valence-electron chi connectivity index (χ0n) is 36.1. The van der Waals surface area contributed by atoms with E-state index >= 15 is 0 Å². The van der Waals surface area contributed by atoms with Crippen molar-refractivity contribution in [1.29, 1.82) is 0 Å². The number of aliphatic hydroxyl groups is 1. The molecule has 0 bridgehead atoms. The second-order valence-corrected chi connectivity index (χ2v) is 15.8. The number of hydrogen-bond donors (Lipinski definition) is 4. The highest BCUT2D eigenvalue weighted by atomic mass is 16.5. The Hall–Kier alpha value is -2.68. The normalized spacial score (nSPS) is 12.6. The lowest BCUT2D eigenvalue weighted by atomic mass is 10.0. The van der Waals surface area contributed by atoms with Gasteiger partial charge in [0.05, 0.1) is 13.2 Å². The first kappa shape index (κ1) is 53.3. The van der Waals surface area contributed by atoms with Gasteiger partial charge in [0.15, 0.2) is 0 Å². The van der Waals surface area contributed by atoms with Crippen molar-refractivity contribution in [2.24, 2.45) is 0 Å². The molecule has 2 atom stereocenters. The fourth-order valence-electron chi connectivity index (χ4n) is 6.86. The number of esters is 1. The topological polar surface area (TPSA) is 142 Å². The molecule has 0 aromatic carbocycles. The van der Waals surface area contributed by atoms with Crippen LogP contribution in [0.25, 0.3) is 0 Å². The van der Waals surface area contributed by atoms with Crippen molar-refractivity contribution >= 4 is 23.8 Å². The minimum absolute atomic E-state index is 0.0103. The second kappa shape index (κ2) is 41.9. The first-order valence-electron chi connectivity index (χ1n) is 23.2. The molecule has 0 fully saturated rings. The summed E-state index contributed by atoms with van der Waals surface area (Å²) in [5, 5.41) is 22.5. The number of carbonyl (C=O) groups is 4. The van der Waals surface area contributed by atoms with Gasteiger partial charge in [0, 0.05) is 12.8 Å². The molecule has 4 N–H and O–H groups in total. The number of nitrogens with one attached hydrogen (secondary N) is 2. The number of unbranched alkanes of at least 4 members (excludes halogenated alkanes) is 24. The summed E-state index contributed by atoms with van der Waals surface area (Å²) in [6, 6.07) is -1.38. The predicted octanol–water partition coefficient (Wildman–Crippen LogP) is 11.6. The van der Waals surface area contributed by atoms with Crippen LogP contribution in [-0.2, 0) is 23.9 Å². The van der Waals surface area contributed by atoms with Gasteiger partial charge in [-0.3, -0.25) is 14.4 Å². The third-order valence-corrected chi connectivity index (χ3v) is 10.5. The highest BCUT2D eigenvalue weighted by molar-refractivity contribution is 5.87. The van der Waals surface area contributed by atoms with E-state index in [2.05, 4.69) is 48.8 Å². The van der Waals surface area contributed by atoms with E-state index in [-0.39, 0.29) is 24.5 Å². The van der Waals surface area contributed by atoms with Crippen LogP contribution in [0.1, 0.15) is 226 Å². The fraction of sp³-hybridized carbons (Fsp3) is 0.830. The van der Waals surface area contributed by atoms with Gasteiger partial charge in [-0.15, -0.1) is 0 Å². The maximum Gasteiger partial charge on any atom is 0.328 e. The Morgan fingerprint density at radius 3 is 1.43 bits per heavy atom. The smallest absolute Gasteiger partial charge is 0.328 e. The Morgan fingerprint density at radius 2 is 0.964 bits per heavy atom. The number of allylic oxidation sites excluding steroid dienone is 4. The molecule has 0 aromatic rings. The number of carboxylic acid groups (broad SMARTS) is 1. The van der Waals surface area contributed by atoms with Gasteiger partial charge in [-0.25, -0.2) is 4.79 Å². The Labute approximate surface area is 343 Å². The molecule has 0 rings (SSSR count). The molecule has 0 aliphatic heterocycles. The molecule has 0 saturated carbocycles. The lowest BCUT2D eigenvalue weighted by Crippen LogP contribution is -2.47. The molecule has 0 heterocycles. The van der Waals surface area contributed by atoms with Crippen LogP contribution in [0.4, 0.5) is 0 Å². The van der Waals surface area contributed by atoms with Gasteiger partial charge in [-0.1, -0.05) is 167 Å². The van der Waals surface area contributed by atoms with E-state index in [1.807, 2.05) is 0 Å². The average molecular weight is 791 g/mol. The van der Waals surface area contributed by atoms with Crippen molar-refractivity contribution in [2.75, 3.05) is 13.2 Å². The molecule has 0 aromatic heterocycles. The van der Waals surface area contributed by atoms with Crippen LogP contribution < -0.4 is 10.6 Å². The molecule has 0 aliphatic rings. The highest BCUT2D eigenvalue weighted by Gasteiger charge is 2.19. The number of rotatable bonds is 42. The molecule has 9 heteroatoms. The molecule has 326 valence electrons. The van der Waals surface area contributed by atoms with Gasteiger partial charge in [-0.2, -0.15) is 0 Å². The van der Waals surface area contributed by atoms with Crippen molar-refractivity contribution in [1.82, 2.24) is 10.6 Å². The molecule has 0 aliphatic carbocycles. The van der Waals surface area contributed by atoms with E-state index in [4.69, 9.17) is 14.9 Å². The summed E-state index contributed by atoms with van der Waals surface area (Å²) in [7, 11) is 0. The van der Waals surface area contributed by atoms with Crippen LogP contribution in [-0.4, -0.2) is 59.3 Å². The Kier molecular flexibility index (Phi) is 39.9. The summed E-state index contributed by atoms with van der Waals surface area (Å²) in [5.41, 5.74) is 0. The van der Waals surface area contributed by atoms with Crippen LogP contribution in [0.15, 0.2) is 24.3 Å². The summed E-state index contributed by atoms with van der Waals surface area (Å²) >= 11 is 0. The zero-order valence-corrected chi connectivity index (χ0v) is 36.1. The molecule has 2 amide bonds. The van der Waals surface area contributed by atoms with E-state index in [0.29, 0.717) is 19.3 Å². The van der Waals surface area contributed by atoms with Crippen LogP contribution >= 0.6 is 0 Å². The lowest BCUT2D eigenvalue weighted by molar-refractivity contribution is -0.150. The lowest BCUT2D eigenvalue weighted by Gasteiger charge is -2.18. The van der Waals surface area contributed by atoms with Gasteiger partial charge >= 0.3 is 11.9 Å². The van der Waals surface area contributed by atoms with E-state index in [9.17, 15) is 19.2 Å². The SMILES string of the molecule is CCCCCCC/C=C\C/C=C\CCCCCCCCCCCC(=O)OC(CCCCCCCCC)CCCCCCCC(=O)NCC(=O)NC(CO)C(=O)O. The average Bonchev–Trinajstić information content (AvgIpc) is 3.18. The highest BCUT2D eigenvalue weighted by Crippen LogP contribution is 2.19. The molecule has 0 saturated heterocycles. The molecular weight excluding hydrogens is 705 g/mol. The van der Waals surface area contributed by atoms with Crippen LogP contribution in [0.3, 0.4) is 0 Å². The number of carbonyl (C=O) groups excluding carboxylic acids is 3. The summed E-state index contributed by atoms with van der Waals surface area (Å²) in [6.07, 6.45) is 46.5. The first-order valence-corrected chi connectivity index (χ1v) is 23.2. The van der Waals surface area contributed by atoms with Crippen molar-refractivity contribution in [3.8, 4) is 0 Å². The maximum absolute atomic E-state index is 12.8. The van der Waals surface area contributed by atoms with Crippen molar-refractivity contribution < 1.29 is 34.1 Å². The van der Waals surface area contributed by atoms with Crippen LogP contribution in [0.2, 0.25) is 0 Å². The Balaban J connectivity index is 4.07. The summed E-state index contributed by atoms with van der Waals surface area (Å²) in [6.45, 7) is 3.47. The Bertz CT molecular complexity index is 999. The van der Waals surface area contributed by atoms with Crippen LogP contribution in [0.5, 0.6) is 0 Å². The first-order chi connectivity index (χ1) is 27.3. The van der Waals surface area contributed by atoms with Gasteiger partial charge in [0.25, 0.3) is 0 Å². The summed E-state index contributed by atoms with van der Waals surface area (Å²) in [4.78, 5) is 47.5. The van der Waals surface area contributed by atoms with Crippen molar-refractivity contribution in [3.63, 3.8) is 0 Å². The number of carboxylic acids is 1. The number of aliphatic carboxylic acids is 1. The van der Waals surface area contributed by atoms with E-state index in [1.54, 1.807) is 0 Å². The number of aliphatic hydroxyl groups excluding tert-OH is 1. The standard InChI is InChI=1S/C47H86N2O7/c1-3-5-7-9-11-12-13-14-15-16-17-18-19-20-21-22-23-24-26-31-35-39-46(53)56-42(36-32-28-25-10-8-6-4-2)37-33-29-27-30-34-38-44(51)48-40-45(52)49-43(41-50)47(54)55/h13-14,16-17,42-43,50H,3-12,15,18-41H2,1-2H3,(H,48,51)(H,49,52)(H,54,55)/b14-13-,17-16-. The van der Waals surface area contributed by atoms with Crippen LogP contribution in [0, 0.1) is 0 Å². The van der Waals surface area contributed by atoms with Crippen molar-refractivity contribution in [2.45, 2.75) is 238 Å². The fourth-order valence-corrected chi connectivity index (χ4v) is 6.86. The summed E-state index contributed by atoms with van der Waals surface area (Å²) < 4.78 is 6.01. The van der Waals surface area contributed by atoms with Gasteiger partial charge in [0.1, 0.15) is 12.1 Å². The van der Waals surface area contributed by atoms with Gasteiger partial charge in [0.2, 0.25) is 11.8 Å². The van der Waals surface area contributed by atoms with E-state index in [0.717, 1.165) is 64.2 Å². The largest absolute Gasteiger partial charge is 0.480 e. The Morgan fingerprint density at radius 1 is 0.536 bits per heavy atom.